The van der Waals surface area contributed by atoms with Crippen LogP contribution in [-0.2, 0) is 11.4 Å². The van der Waals surface area contributed by atoms with Crippen LogP contribution in [0.5, 0.6) is 5.75 Å². The van der Waals surface area contributed by atoms with Gasteiger partial charge in [0.2, 0.25) is 0 Å². The second-order valence-electron chi connectivity index (χ2n) is 6.99. The van der Waals surface area contributed by atoms with Crippen LogP contribution in [0, 0.1) is 0 Å². The molecule has 0 amide bonds. The molecule has 150 valence electrons. The summed E-state index contributed by atoms with van der Waals surface area (Å²) in [5, 5.41) is 10.2. The van der Waals surface area contributed by atoms with Crippen molar-refractivity contribution in [2.45, 2.75) is 29.2 Å². The number of nitrogens with zero attached hydrogens (tertiary/aromatic N) is 1. The van der Waals surface area contributed by atoms with E-state index in [4.69, 9.17) is 9.84 Å². The summed E-state index contributed by atoms with van der Waals surface area (Å²) in [5.74, 6) is -0.526. The maximum absolute atomic E-state index is 11.1. The molecular formula is C25H21NO3S. The zero-order valence-corrected chi connectivity index (χ0v) is 17.3. The summed E-state index contributed by atoms with van der Waals surface area (Å²) in [6, 6.07) is 27.7. The van der Waals surface area contributed by atoms with Crippen molar-refractivity contribution in [2.75, 3.05) is 0 Å². The number of carbonyl (C=O) groups is 1. The summed E-state index contributed by atoms with van der Waals surface area (Å²) in [6.45, 7) is 2.11. The van der Waals surface area contributed by atoms with Crippen molar-refractivity contribution in [2.24, 2.45) is 0 Å². The first-order valence-electron chi connectivity index (χ1n) is 9.67. The lowest BCUT2D eigenvalue weighted by molar-refractivity contribution is -0.138. The maximum atomic E-state index is 11.1. The fourth-order valence-electron chi connectivity index (χ4n) is 3.05. The van der Waals surface area contributed by atoms with Crippen molar-refractivity contribution in [1.82, 2.24) is 4.98 Å². The monoisotopic (exact) mass is 415 g/mol. The summed E-state index contributed by atoms with van der Waals surface area (Å²) < 4.78 is 5.88. The smallest absolute Gasteiger partial charge is 0.310 e. The minimum absolute atomic E-state index is 0.417. The minimum Gasteiger partial charge on any atom is -0.487 e. The van der Waals surface area contributed by atoms with Crippen molar-refractivity contribution in [3.05, 3.63) is 96.2 Å². The number of pyridine rings is 1. The average Bonchev–Trinajstić information content (AvgIpc) is 2.78. The van der Waals surface area contributed by atoms with E-state index in [9.17, 15) is 4.79 Å². The van der Waals surface area contributed by atoms with Crippen molar-refractivity contribution in [3.63, 3.8) is 0 Å². The van der Waals surface area contributed by atoms with Crippen LogP contribution in [0.25, 0.3) is 10.9 Å². The molecule has 0 bridgehead atoms. The summed E-state index contributed by atoms with van der Waals surface area (Å²) in [4.78, 5) is 17.9. The van der Waals surface area contributed by atoms with Crippen molar-refractivity contribution < 1.29 is 14.6 Å². The maximum Gasteiger partial charge on any atom is 0.310 e. The molecule has 3 aromatic carbocycles. The number of ether oxygens (including phenoxy) is 1. The van der Waals surface area contributed by atoms with E-state index in [0.717, 1.165) is 37.7 Å². The van der Waals surface area contributed by atoms with Gasteiger partial charge < -0.3 is 9.84 Å². The Morgan fingerprint density at radius 2 is 1.60 bits per heavy atom. The van der Waals surface area contributed by atoms with Crippen LogP contribution in [0.1, 0.15) is 24.1 Å². The van der Waals surface area contributed by atoms with E-state index in [1.807, 2.05) is 78.9 Å². The zero-order valence-electron chi connectivity index (χ0n) is 16.5. The van der Waals surface area contributed by atoms with Crippen LogP contribution in [0.4, 0.5) is 0 Å². The van der Waals surface area contributed by atoms with Crippen LogP contribution >= 0.6 is 11.8 Å². The number of carboxylic acid groups (broad SMARTS) is 1. The molecule has 0 saturated heterocycles. The van der Waals surface area contributed by atoms with E-state index < -0.39 is 11.9 Å². The number of benzene rings is 3. The second kappa shape index (κ2) is 9.01. The van der Waals surface area contributed by atoms with Gasteiger partial charge in [0.1, 0.15) is 12.4 Å². The molecule has 0 saturated carbocycles. The Morgan fingerprint density at radius 3 is 2.30 bits per heavy atom. The Kier molecular flexibility index (Phi) is 6.00. The first-order chi connectivity index (χ1) is 14.6. The highest BCUT2D eigenvalue weighted by atomic mass is 32.2. The Balaban J connectivity index is 1.36. The van der Waals surface area contributed by atoms with Gasteiger partial charge in [-0.25, -0.2) is 4.98 Å². The third-order valence-corrected chi connectivity index (χ3v) is 5.87. The van der Waals surface area contributed by atoms with Gasteiger partial charge >= 0.3 is 5.97 Å². The van der Waals surface area contributed by atoms with E-state index in [-0.39, 0.29) is 0 Å². The summed E-state index contributed by atoms with van der Waals surface area (Å²) in [7, 11) is 0. The molecule has 0 radical (unpaired) electrons. The Hall–Kier alpha value is -3.31. The molecule has 5 heteroatoms. The van der Waals surface area contributed by atoms with E-state index in [1.165, 1.54) is 0 Å². The Morgan fingerprint density at radius 1 is 0.933 bits per heavy atom. The van der Waals surface area contributed by atoms with E-state index in [0.29, 0.717) is 6.61 Å². The Labute approximate surface area is 179 Å². The molecule has 0 fully saturated rings. The Bertz CT molecular complexity index is 1160. The number of aromatic nitrogens is 1. The molecule has 30 heavy (non-hydrogen) atoms. The molecule has 0 aliphatic rings. The van der Waals surface area contributed by atoms with E-state index >= 15 is 0 Å². The highest BCUT2D eigenvalue weighted by Gasteiger charge is 2.13. The van der Waals surface area contributed by atoms with Crippen molar-refractivity contribution in [1.29, 1.82) is 0 Å². The predicted octanol–water partition coefficient (Wildman–Crippen LogP) is 6.15. The summed E-state index contributed by atoms with van der Waals surface area (Å²) in [6.07, 6.45) is 0. The molecule has 0 aliphatic heterocycles. The number of rotatable bonds is 7. The molecule has 1 atom stereocenters. The second-order valence-corrected chi connectivity index (χ2v) is 8.13. The topological polar surface area (TPSA) is 59.4 Å². The third kappa shape index (κ3) is 4.81. The minimum atomic E-state index is -0.815. The van der Waals surface area contributed by atoms with Gasteiger partial charge in [0.25, 0.3) is 0 Å². The van der Waals surface area contributed by atoms with Gasteiger partial charge in [-0.15, -0.1) is 0 Å². The van der Waals surface area contributed by atoms with Crippen molar-refractivity contribution in [3.8, 4) is 5.75 Å². The number of hydrogen-bond acceptors (Lipinski definition) is 4. The van der Waals surface area contributed by atoms with Gasteiger partial charge in [-0.05, 0) is 61.0 Å². The fraction of sp³-hybridized carbons (Fsp3) is 0.120. The van der Waals surface area contributed by atoms with Gasteiger partial charge in [-0.3, -0.25) is 4.79 Å². The normalized spacial score (nSPS) is 11.9. The molecule has 0 aliphatic carbocycles. The number of hydrogen-bond donors (Lipinski definition) is 1. The van der Waals surface area contributed by atoms with Crippen LogP contribution in [-0.4, -0.2) is 16.1 Å². The van der Waals surface area contributed by atoms with Gasteiger partial charge in [0.05, 0.1) is 17.1 Å². The molecule has 4 rings (SSSR count). The molecule has 1 heterocycles. The SMILES string of the molecule is CC(C(=O)O)c1ccc(Sc2ccc(OCc3ccc4ccccc4n3)cc2)cc1. The molecule has 1 aromatic heterocycles. The standard InChI is InChI=1S/C25H21NO3S/c1-17(25(27)28)18-7-12-22(13-8-18)30-23-14-10-21(11-15-23)29-16-20-9-6-19-4-2-3-5-24(19)26-20/h2-15,17H,16H2,1H3,(H,27,28). The predicted molar refractivity (Wildman–Crippen MR) is 119 cm³/mol. The van der Waals surface area contributed by atoms with E-state index in [1.54, 1.807) is 18.7 Å². The molecule has 0 spiro atoms. The highest BCUT2D eigenvalue weighted by molar-refractivity contribution is 7.99. The molecule has 1 N–H and O–H groups in total. The number of para-hydroxylation sites is 1. The molecule has 4 aromatic rings. The molecule has 4 nitrogen and oxygen atoms in total. The lowest BCUT2D eigenvalue weighted by Gasteiger charge is -2.09. The van der Waals surface area contributed by atoms with Gasteiger partial charge in [-0.1, -0.05) is 48.2 Å². The lowest BCUT2D eigenvalue weighted by atomic mass is 10.0. The van der Waals surface area contributed by atoms with Gasteiger partial charge in [0.15, 0.2) is 0 Å². The largest absolute Gasteiger partial charge is 0.487 e. The molecule has 1 unspecified atom stereocenters. The first kappa shape index (κ1) is 20.0. The van der Waals surface area contributed by atoms with Crippen LogP contribution in [0.2, 0.25) is 0 Å². The fourth-order valence-corrected chi connectivity index (χ4v) is 3.87. The zero-order chi connectivity index (χ0) is 20.9. The van der Waals surface area contributed by atoms with Crippen LogP contribution in [0.3, 0.4) is 0 Å². The number of fused-ring (bicyclic) bond motifs is 1. The number of carboxylic acids is 1. The van der Waals surface area contributed by atoms with Crippen LogP contribution in [0.15, 0.2) is 94.7 Å². The highest BCUT2D eigenvalue weighted by Crippen LogP contribution is 2.30. The average molecular weight is 416 g/mol. The quantitative estimate of drug-likeness (QED) is 0.392. The summed E-state index contributed by atoms with van der Waals surface area (Å²) in [5.41, 5.74) is 2.66. The van der Waals surface area contributed by atoms with Gasteiger partial charge in [-0.2, -0.15) is 0 Å². The summed E-state index contributed by atoms with van der Waals surface area (Å²) >= 11 is 1.63. The molecular weight excluding hydrogens is 394 g/mol. The van der Waals surface area contributed by atoms with Gasteiger partial charge in [0, 0.05) is 15.2 Å². The number of aliphatic carboxylic acids is 1. The first-order valence-corrected chi connectivity index (χ1v) is 10.5. The van der Waals surface area contributed by atoms with E-state index in [2.05, 4.69) is 11.1 Å². The third-order valence-electron chi connectivity index (χ3n) is 4.85. The lowest BCUT2D eigenvalue weighted by Crippen LogP contribution is -2.06. The van der Waals surface area contributed by atoms with Crippen molar-refractivity contribution >= 4 is 28.6 Å². The van der Waals surface area contributed by atoms with Crippen LogP contribution < -0.4 is 4.74 Å².